The van der Waals surface area contributed by atoms with Crippen molar-refractivity contribution in [1.82, 2.24) is 0 Å². The Balaban J connectivity index is -0.000000350. The molecule has 0 aliphatic rings. The third kappa shape index (κ3) is 21.2. The minimum atomic E-state index is -5.08. The lowest BCUT2D eigenvalue weighted by Crippen LogP contribution is -2.31. The van der Waals surface area contributed by atoms with Crippen molar-refractivity contribution >= 4 is 23.9 Å². The number of carbonyl (C=O) groups is 3. The fourth-order valence-corrected chi connectivity index (χ4v) is 0.863. The van der Waals surface area contributed by atoms with E-state index in [-0.39, 0.29) is 12.0 Å². The molecule has 0 spiro atoms. The fraction of sp³-hybridized carbons (Fsp3) is 0.636. The number of aliphatic carboxylic acids is 3. The van der Waals surface area contributed by atoms with Crippen LogP contribution in [-0.4, -0.2) is 63.6 Å². The molecule has 0 aromatic carbocycles. The summed E-state index contributed by atoms with van der Waals surface area (Å²) in [5.74, 6) is -6.51. The third-order valence-electron chi connectivity index (χ3n) is 2.07. The van der Waals surface area contributed by atoms with Gasteiger partial charge in [0, 0.05) is 0 Å². The third-order valence-corrected chi connectivity index (χ3v) is 2.07. The maximum atomic E-state index is 10.6. The number of rotatable bonds is 5. The maximum absolute atomic E-state index is 10.6. The predicted octanol–water partition coefficient (Wildman–Crippen LogP) is 0.107. The zero-order chi connectivity index (χ0) is 22.6. The summed E-state index contributed by atoms with van der Waals surface area (Å²) in [4.78, 5) is 31.9. The highest BCUT2D eigenvalue weighted by molar-refractivity contribution is 5.76. The van der Waals surface area contributed by atoms with E-state index >= 15 is 0 Å². The molecule has 0 radical (unpaired) electrons. The van der Waals surface area contributed by atoms with E-state index in [0.717, 1.165) is 0 Å². The average molecular weight is 416 g/mol. The largest absolute Gasteiger partial charge is 0.490 e. The SMILES string of the molecule is C[C@H](CC[C@H](N)C(=O)O)N=C(N)N.O=C(O)C(F)(F)F.O=C(O)C(F)(F)F. The molecule has 160 valence electrons. The summed E-state index contributed by atoms with van der Waals surface area (Å²) in [5.41, 5.74) is 15.6. The first kappa shape index (κ1) is 29.0. The molecule has 0 bridgehead atoms. The van der Waals surface area contributed by atoms with E-state index in [1.54, 1.807) is 6.92 Å². The smallest absolute Gasteiger partial charge is 0.480 e. The molecule has 27 heavy (non-hydrogen) atoms. The van der Waals surface area contributed by atoms with E-state index in [1.165, 1.54) is 0 Å². The van der Waals surface area contributed by atoms with Gasteiger partial charge >= 0.3 is 30.3 Å². The molecular formula is C11H18F6N4O6. The first-order valence-electron chi connectivity index (χ1n) is 6.49. The molecule has 16 heteroatoms. The van der Waals surface area contributed by atoms with Gasteiger partial charge in [-0.05, 0) is 19.8 Å². The Morgan fingerprint density at radius 2 is 1.19 bits per heavy atom. The van der Waals surface area contributed by atoms with Crippen molar-refractivity contribution in [1.29, 1.82) is 0 Å². The highest BCUT2D eigenvalue weighted by Gasteiger charge is 2.38. The number of carboxylic acid groups (broad SMARTS) is 3. The van der Waals surface area contributed by atoms with Crippen molar-refractivity contribution in [2.24, 2.45) is 22.2 Å². The van der Waals surface area contributed by atoms with Gasteiger partial charge in [-0.3, -0.25) is 9.79 Å². The standard InChI is InChI=1S/C7H16N4O2.2C2HF3O2/c1-4(11-7(9)10)2-3-5(8)6(12)13;2*3-2(4,5)1(6)7/h4-5H,2-3,8H2,1H3,(H,12,13)(H4,9,10,11);2*(H,6,7)/t4-,5+;;/m1../s1. The van der Waals surface area contributed by atoms with Crippen LogP contribution in [0.3, 0.4) is 0 Å². The first-order valence-corrected chi connectivity index (χ1v) is 6.49. The number of nitrogens with zero attached hydrogens (tertiary/aromatic N) is 1. The van der Waals surface area contributed by atoms with Gasteiger partial charge in [0.2, 0.25) is 0 Å². The van der Waals surface area contributed by atoms with Crippen molar-refractivity contribution in [2.75, 3.05) is 0 Å². The second-order valence-electron chi connectivity index (χ2n) is 4.53. The van der Waals surface area contributed by atoms with Gasteiger partial charge in [0.15, 0.2) is 5.96 Å². The van der Waals surface area contributed by atoms with Crippen LogP contribution in [0.1, 0.15) is 19.8 Å². The second-order valence-corrected chi connectivity index (χ2v) is 4.53. The molecule has 0 saturated carbocycles. The number of hydrogen-bond donors (Lipinski definition) is 6. The maximum Gasteiger partial charge on any atom is 0.490 e. The zero-order valence-corrected chi connectivity index (χ0v) is 13.6. The van der Waals surface area contributed by atoms with Gasteiger partial charge in [-0.15, -0.1) is 0 Å². The lowest BCUT2D eigenvalue weighted by atomic mass is 10.1. The molecule has 0 fully saturated rings. The quantitative estimate of drug-likeness (QED) is 0.204. The topological polar surface area (TPSA) is 202 Å². The van der Waals surface area contributed by atoms with Gasteiger partial charge in [-0.25, -0.2) is 9.59 Å². The number of nitrogens with two attached hydrogens (primary N) is 3. The van der Waals surface area contributed by atoms with Crippen molar-refractivity contribution in [3.63, 3.8) is 0 Å². The molecule has 0 aliphatic heterocycles. The van der Waals surface area contributed by atoms with Crippen LogP contribution in [0.4, 0.5) is 26.3 Å². The summed E-state index contributed by atoms with van der Waals surface area (Å²) in [5, 5.41) is 22.7. The van der Waals surface area contributed by atoms with Crippen LogP contribution in [0.25, 0.3) is 0 Å². The summed E-state index contributed by atoms with van der Waals surface area (Å²) < 4.78 is 63.5. The van der Waals surface area contributed by atoms with Gasteiger partial charge in [-0.2, -0.15) is 26.3 Å². The molecule has 0 unspecified atom stereocenters. The normalized spacial score (nSPS) is 12.9. The number of alkyl halides is 6. The van der Waals surface area contributed by atoms with Crippen LogP contribution >= 0.6 is 0 Å². The van der Waals surface area contributed by atoms with Gasteiger partial charge in [0.1, 0.15) is 6.04 Å². The van der Waals surface area contributed by atoms with E-state index in [0.29, 0.717) is 12.8 Å². The lowest BCUT2D eigenvalue weighted by molar-refractivity contribution is -0.193. The van der Waals surface area contributed by atoms with Crippen LogP contribution in [0, 0.1) is 0 Å². The first-order chi connectivity index (χ1) is 11.8. The van der Waals surface area contributed by atoms with Gasteiger partial charge < -0.3 is 32.5 Å². The summed E-state index contributed by atoms with van der Waals surface area (Å²) in [6.07, 6.45) is -9.24. The van der Waals surface area contributed by atoms with Crippen LogP contribution in [-0.2, 0) is 14.4 Å². The van der Waals surface area contributed by atoms with Gasteiger partial charge in [0.25, 0.3) is 0 Å². The Hall–Kier alpha value is -2.78. The molecule has 0 saturated heterocycles. The lowest BCUT2D eigenvalue weighted by Gasteiger charge is -2.09. The molecule has 0 rings (SSSR count). The van der Waals surface area contributed by atoms with Gasteiger partial charge in [-0.1, -0.05) is 0 Å². The minimum absolute atomic E-state index is 0.0106. The Morgan fingerprint density at radius 3 is 1.37 bits per heavy atom. The van der Waals surface area contributed by atoms with Gasteiger partial charge in [0.05, 0.1) is 6.04 Å². The molecule has 0 aromatic heterocycles. The van der Waals surface area contributed by atoms with Crippen LogP contribution in [0.15, 0.2) is 4.99 Å². The molecule has 0 amide bonds. The zero-order valence-electron chi connectivity index (χ0n) is 13.6. The van der Waals surface area contributed by atoms with Crippen molar-refractivity contribution in [3.8, 4) is 0 Å². The number of halogens is 6. The minimum Gasteiger partial charge on any atom is -0.480 e. The Bertz CT molecular complexity index is 494. The van der Waals surface area contributed by atoms with E-state index in [1.807, 2.05) is 0 Å². The monoisotopic (exact) mass is 416 g/mol. The number of aliphatic imine (C=N–C) groups is 1. The number of guanidine groups is 1. The molecule has 0 aliphatic carbocycles. The Morgan fingerprint density at radius 1 is 0.889 bits per heavy atom. The summed E-state index contributed by atoms with van der Waals surface area (Å²) in [6, 6.07) is -0.924. The molecule has 2 atom stereocenters. The van der Waals surface area contributed by atoms with E-state index in [2.05, 4.69) is 4.99 Å². The molecule has 0 heterocycles. The van der Waals surface area contributed by atoms with Crippen molar-refractivity contribution in [2.45, 2.75) is 44.2 Å². The van der Waals surface area contributed by atoms with Crippen LogP contribution in [0.5, 0.6) is 0 Å². The second kappa shape index (κ2) is 12.6. The molecule has 9 N–H and O–H groups in total. The summed E-state index contributed by atoms with van der Waals surface area (Å²) >= 11 is 0. The molecular weight excluding hydrogens is 398 g/mol. The molecule has 0 aromatic rings. The number of carboxylic acids is 3. The predicted molar refractivity (Wildman–Crippen MR) is 77.5 cm³/mol. The average Bonchev–Trinajstić information content (AvgIpc) is 2.43. The van der Waals surface area contributed by atoms with E-state index < -0.39 is 36.3 Å². The number of hydrogen-bond acceptors (Lipinski definition) is 5. The van der Waals surface area contributed by atoms with Crippen LogP contribution < -0.4 is 17.2 Å². The summed E-state index contributed by atoms with van der Waals surface area (Å²) in [6.45, 7) is 1.80. The van der Waals surface area contributed by atoms with E-state index in [9.17, 15) is 31.1 Å². The Kier molecular flexibility index (Phi) is 13.5. The van der Waals surface area contributed by atoms with Crippen molar-refractivity contribution < 1.29 is 56.0 Å². The van der Waals surface area contributed by atoms with E-state index in [4.69, 9.17) is 42.1 Å². The molecule has 10 nitrogen and oxygen atoms in total. The van der Waals surface area contributed by atoms with Crippen LogP contribution in [0.2, 0.25) is 0 Å². The summed E-state index contributed by atoms with van der Waals surface area (Å²) in [7, 11) is 0. The fourth-order valence-electron chi connectivity index (χ4n) is 0.863. The highest BCUT2D eigenvalue weighted by atomic mass is 19.4. The Labute approximate surface area is 147 Å². The van der Waals surface area contributed by atoms with Crippen molar-refractivity contribution in [3.05, 3.63) is 0 Å². The highest BCUT2D eigenvalue weighted by Crippen LogP contribution is 2.13.